The van der Waals surface area contributed by atoms with Crippen LogP contribution in [0.2, 0.25) is 0 Å². The molecule has 0 heterocycles. The predicted molar refractivity (Wildman–Crippen MR) is 69.8 cm³/mol. The Morgan fingerprint density at radius 3 is 2.69 bits per heavy atom. The Bertz CT molecular complexity index is 161. The van der Waals surface area contributed by atoms with Crippen LogP contribution in [0.4, 0.5) is 0 Å². The van der Waals surface area contributed by atoms with Crippen LogP contribution in [0, 0.1) is 0 Å². The van der Waals surface area contributed by atoms with Gasteiger partial charge in [0, 0.05) is 12.6 Å². The van der Waals surface area contributed by atoms with Crippen LogP contribution in [-0.2, 0) is 4.74 Å². The lowest BCUT2D eigenvalue weighted by atomic mass is 10.2. The lowest BCUT2D eigenvalue weighted by Gasteiger charge is -2.21. The third-order valence-corrected chi connectivity index (χ3v) is 3.44. The summed E-state index contributed by atoms with van der Waals surface area (Å²) in [6, 6.07) is 0.631. The second-order valence-electron chi connectivity index (χ2n) is 4.96. The second kappa shape index (κ2) is 9.00. The van der Waals surface area contributed by atoms with E-state index >= 15 is 0 Å². The molecule has 1 N–H and O–H groups in total. The Labute approximate surface area is 101 Å². The van der Waals surface area contributed by atoms with Crippen molar-refractivity contribution in [1.29, 1.82) is 0 Å². The summed E-state index contributed by atoms with van der Waals surface area (Å²) in [6.45, 7) is 6.58. The van der Waals surface area contributed by atoms with E-state index in [1.807, 2.05) is 0 Å². The molecule has 0 bridgehead atoms. The van der Waals surface area contributed by atoms with Crippen molar-refractivity contribution >= 4 is 0 Å². The summed E-state index contributed by atoms with van der Waals surface area (Å²) in [7, 11) is 0. The van der Waals surface area contributed by atoms with E-state index in [1.54, 1.807) is 0 Å². The van der Waals surface area contributed by atoms with Gasteiger partial charge in [-0.1, -0.05) is 33.1 Å². The Hall–Kier alpha value is -0.0800. The van der Waals surface area contributed by atoms with Gasteiger partial charge >= 0.3 is 0 Å². The fourth-order valence-corrected chi connectivity index (χ4v) is 2.45. The molecule has 0 aromatic rings. The topological polar surface area (TPSA) is 21.3 Å². The molecule has 0 aromatic heterocycles. The van der Waals surface area contributed by atoms with Crippen LogP contribution in [-0.4, -0.2) is 25.3 Å². The van der Waals surface area contributed by atoms with Crippen molar-refractivity contribution in [2.24, 2.45) is 0 Å². The van der Waals surface area contributed by atoms with Crippen LogP contribution >= 0.6 is 0 Å². The smallest absolute Gasteiger partial charge is 0.0728 e. The van der Waals surface area contributed by atoms with Gasteiger partial charge < -0.3 is 10.1 Å². The van der Waals surface area contributed by atoms with Crippen molar-refractivity contribution in [3.05, 3.63) is 0 Å². The lowest BCUT2D eigenvalue weighted by Crippen LogP contribution is -2.37. The van der Waals surface area contributed by atoms with E-state index in [9.17, 15) is 0 Å². The maximum atomic E-state index is 6.00. The molecule has 1 aliphatic rings. The van der Waals surface area contributed by atoms with Gasteiger partial charge in [0.15, 0.2) is 0 Å². The van der Waals surface area contributed by atoms with Crippen molar-refractivity contribution in [1.82, 2.24) is 5.32 Å². The first-order valence-corrected chi connectivity index (χ1v) is 7.23. The van der Waals surface area contributed by atoms with Crippen LogP contribution in [0.25, 0.3) is 0 Å². The van der Waals surface area contributed by atoms with E-state index in [1.165, 1.54) is 51.4 Å². The van der Waals surface area contributed by atoms with E-state index in [4.69, 9.17) is 4.74 Å². The number of nitrogens with one attached hydrogen (secondary N) is 1. The SMILES string of the molecule is CCCCCCOC1CCCC1NCCC. The van der Waals surface area contributed by atoms with Gasteiger partial charge in [-0.15, -0.1) is 0 Å². The van der Waals surface area contributed by atoms with Gasteiger partial charge in [-0.2, -0.15) is 0 Å². The average Bonchev–Trinajstić information content (AvgIpc) is 2.74. The molecule has 1 aliphatic carbocycles. The second-order valence-corrected chi connectivity index (χ2v) is 4.96. The molecule has 2 nitrogen and oxygen atoms in total. The lowest BCUT2D eigenvalue weighted by molar-refractivity contribution is 0.0377. The van der Waals surface area contributed by atoms with Gasteiger partial charge in [0.25, 0.3) is 0 Å². The molecule has 16 heavy (non-hydrogen) atoms. The number of rotatable bonds is 9. The van der Waals surface area contributed by atoms with Crippen molar-refractivity contribution < 1.29 is 4.74 Å². The highest BCUT2D eigenvalue weighted by atomic mass is 16.5. The fraction of sp³-hybridized carbons (Fsp3) is 1.00. The van der Waals surface area contributed by atoms with Crippen LogP contribution in [0.3, 0.4) is 0 Å². The van der Waals surface area contributed by atoms with E-state index in [0.29, 0.717) is 12.1 Å². The largest absolute Gasteiger partial charge is 0.377 e. The maximum Gasteiger partial charge on any atom is 0.0728 e. The summed E-state index contributed by atoms with van der Waals surface area (Å²) >= 11 is 0. The predicted octanol–water partition coefficient (Wildman–Crippen LogP) is 3.50. The zero-order valence-corrected chi connectivity index (χ0v) is 11.1. The molecule has 1 saturated carbocycles. The Morgan fingerprint density at radius 1 is 1.06 bits per heavy atom. The normalized spacial score (nSPS) is 25.1. The minimum atomic E-state index is 0.494. The van der Waals surface area contributed by atoms with Crippen LogP contribution in [0.5, 0.6) is 0 Å². The zero-order valence-electron chi connectivity index (χ0n) is 11.1. The highest BCUT2D eigenvalue weighted by Crippen LogP contribution is 2.22. The molecule has 96 valence electrons. The first-order chi connectivity index (χ1) is 7.88. The standard InChI is InChI=1S/C14H29NO/c1-3-5-6-7-12-16-14-10-8-9-13(14)15-11-4-2/h13-15H,3-12H2,1-2H3. The fourth-order valence-electron chi connectivity index (χ4n) is 2.45. The number of hydrogen-bond acceptors (Lipinski definition) is 2. The van der Waals surface area contributed by atoms with Gasteiger partial charge in [0.05, 0.1) is 6.10 Å². The molecule has 0 aromatic carbocycles. The van der Waals surface area contributed by atoms with Gasteiger partial charge in [-0.3, -0.25) is 0 Å². The Morgan fingerprint density at radius 2 is 1.94 bits per heavy atom. The van der Waals surface area contributed by atoms with Gasteiger partial charge in [-0.05, 0) is 38.6 Å². The summed E-state index contributed by atoms with van der Waals surface area (Å²) < 4.78 is 6.00. The zero-order chi connectivity index (χ0) is 11.6. The van der Waals surface area contributed by atoms with Crippen molar-refractivity contribution in [2.45, 2.75) is 77.4 Å². The van der Waals surface area contributed by atoms with Crippen LogP contribution in [0.1, 0.15) is 65.2 Å². The van der Waals surface area contributed by atoms with E-state index in [-0.39, 0.29) is 0 Å². The number of ether oxygens (including phenoxy) is 1. The average molecular weight is 227 g/mol. The molecule has 0 radical (unpaired) electrons. The molecule has 0 saturated heterocycles. The molecular weight excluding hydrogens is 198 g/mol. The number of hydrogen-bond donors (Lipinski definition) is 1. The summed E-state index contributed by atoms with van der Waals surface area (Å²) in [5, 5.41) is 3.61. The third kappa shape index (κ3) is 5.31. The van der Waals surface area contributed by atoms with E-state index in [2.05, 4.69) is 19.2 Å². The Balaban J connectivity index is 2.05. The first-order valence-electron chi connectivity index (χ1n) is 7.23. The van der Waals surface area contributed by atoms with Gasteiger partial charge in [-0.25, -0.2) is 0 Å². The molecular formula is C14H29NO. The van der Waals surface area contributed by atoms with E-state index < -0.39 is 0 Å². The molecule has 0 spiro atoms. The van der Waals surface area contributed by atoms with Crippen molar-refractivity contribution in [3.63, 3.8) is 0 Å². The summed E-state index contributed by atoms with van der Waals surface area (Å²) in [5.74, 6) is 0. The van der Waals surface area contributed by atoms with Crippen LogP contribution in [0.15, 0.2) is 0 Å². The quantitative estimate of drug-likeness (QED) is 0.609. The van der Waals surface area contributed by atoms with Crippen molar-refractivity contribution in [3.8, 4) is 0 Å². The monoisotopic (exact) mass is 227 g/mol. The van der Waals surface area contributed by atoms with E-state index in [0.717, 1.165) is 13.2 Å². The minimum absolute atomic E-state index is 0.494. The molecule has 1 fully saturated rings. The highest BCUT2D eigenvalue weighted by molar-refractivity contribution is 4.83. The molecule has 2 unspecified atom stereocenters. The molecule has 2 heteroatoms. The first kappa shape index (κ1) is 14.0. The summed E-state index contributed by atoms with van der Waals surface area (Å²) in [4.78, 5) is 0. The van der Waals surface area contributed by atoms with Crippen molar-refractivity contribution in [2.75, 3.05) is 13.2 Å². The molecule has 0 amide bonds. The maximum absolute atomic E-state index is 6.00. The van der Waals surface area contributed by atoms with Crippen LogP contribution < -0.4 is 5.32 Å². The summed E-state index contributed by atoms with van der Waals surface area (Å²) in [5.41, 5.74) is 0. The van der Waals surface area contributed by atoms with Gasteiger partial charge in [0.2, 0.25) is 0 Å². The summed E-state index contributed by atoms with van der Waals surface area (Å²) in [6.07, 6.45) is 10.8. The highest BCUT2D eigenvalue weighted by Gasteiger charge is 2.26. The van der Waals surface area contributed by atoms with Gasteiger partial charge in [0.1, 0.15) is 0 Å². The molecule has 0 aliphatic heterocycles. The minimum Gasteiger partial charge on any atom is -0.377 e. The number of unbranched alkanes of at least 4 members (excludes halogenated alkanes) is 3. The molecule has 1 rings (SSSR count). The Kier molecular flexibility index (Phi) is 7.87. The third-order valence-electron chi connectivity index (χ3n) is 3.44. The molecule has 2 atom stereocenters.